The molecule has 1 aromatic rings. The maximum absolute atomic E-state index is 5.29. The third-order valence-electron chi connectivity index (χ3n) is 3.29. The molecule has 0 radical (unpaired) electrons. The molecule has 5 nitrogen and oxygen atoms in total. The molecule has 17 heavy (non-hydrogen) atoms. The first-order valence-corrected chi connectivity index (χ1v) is 6.01. The van der Waals surface area contributed by atoms with Gasteiger partial charge in [-0.1, -0.05) is 0 Å². The summed E-state index contributed by atoms with van der Waals surface area (Å²) in [7, 11) is 0. The van der Waals surface area contributed by atoms with Crippen LogP contribution in [0.25, 0.3) is 0 Å². The molecular formula is C12H17N3O2. The van der Waals surface area contributed by atoms with Crippen molar-refractivity contribution in [2.75, 3.05) is 19.6 Å². The molecule has 0 N–H and O–H groups in total. The van der Waals surface area contributed by atoms with Gasteiger partial charge in [-0.3, -0.25) is 9.58 Å². The molecule has 1 unspecified atom stereocenters. The molecule has 0 saturated carbocycles. The van der Waals surface area contributed by atoms with Crippen molar-refractivity contribution in [3.05, 3.63) is 30.5 Å². The van der Waals surface area contributed by atoms with Crippen LogP contribution in [0.4, 0.5) is 0 Å². The van der Waals surface area contributed by atoms with Gasteiger partial charge in [0.25, 0.3) is 6.29 Å². The highest BCUT2D eigenvalue weighted by atomic mass is 16.7. The van der Waals surface area contributed by atoms with E-state index in [1.54, 1.807) is 12.5 Å². The molecule has 0 aromatic carbocycles. The number of hydrogen-bond donors (Lipinski definition) is 0. The largest absolute Gasteiger partial charge is 0.458 e. The Morgan fingerprint density at radius 2 is 2.24 bits per heavy atom. The highest BCUT2D eigenvalue weighted by Crippen LogP contribution is 2.22. The van der Waals surface area contributed by atoms with Crippen LogP contribution < -0.4 is 0 Å². The van der Waals surface area contributed by atoms with Crippen molar-refractivity contribution in [1.82, 2.24) is 14.7 Å². The van der Waals surface area contributed by atoms with E-state index in [1.165, 1.54) is 0 Å². The number of ether oxygens (including phenoxy) is 2. The Morgan fingerprint density at radius 1 is 1.41 bits per heavy atom. The minimum absolute atomic E-state index is 0.131. The summed E-state index contributed by atoms with van der Waals surface area (Å²) >= 11 is 0. The number of hydrogen-bond acceptors (Lipinski definition) is 4. The maximum atomic E-state index is 5.29. The average Bonchev–Trinajstić information content (AvgIpc) is 2.99. The van der Waals surface area contributed by atoms with E-state index in [0.717, 1.165) is 31.7 Å². The van der Waals surface area contributed by atoms with Gasteiger partial charge in [0.2, 0.25) is 0 Å². The molecule has 1 aromatic heterocycles. The van der Waals surface area contributed by atoms with Gasteiger partial charge < -0.3 is 9.47 Å². The first kappa shape index (κ1) is 10.7. The highest BCUT2D eigenvalue weighted by Gasteiger charge is 2.27. The standard InChI is InChI=1S/C12H17N3O2/c1-10-2-5-15(13-10)11-3-4-14(8-11)9-12-16-6-7-17-12/h2,5-7,11-12H,3-4,8-9H2,1H3. The van der Waals surface area contributed by atoms with E-state index in [4.69, 9.17) is 9.47 Å². The number of aryl methyl sites for hydroxylation is 1. The summed E-state index contributed by atoms with van der Waals surface area (Å²) in [6.45, 7) is 4.94. The van der Waals surface area contributed by atoms with Crippen LogP contribution in [0.1, 0.15) is 18.2 Å². The van der Waals surface area contributed by atoms with Crippen LogP contribution in [0.2, 0.25) is 0 Å². The molecule has 2 aliphatic rings. The summed E-state index contributed by atoms with van der Waals surface area (Å²) in [6.07, 6.45) is 6.28. The molecule has 3 rings (SSSR count). The van der Waals surface area contributed by atoms with E-state index >= 15 is 0 Å². The molecule has 1 atom stereocenters. The van der Waals surface area contributed by atoms with Crippen molar-refractivity contribution in [3.63, 3.8) is 0 Å². The second kappa shape index (κ2) is 4.41. The van der Waals surface area contributed by atoms with Gasteiger partial charge in [0.15, 0.2) is 0 Å². The van der Waals surface area contributed by atoms with Gasteiger partial charge in [0, 0.05) is 19.3 Å². The minimum Gasteiger partial charge on any atom is -0.458 e. The summed E-state index contributed by atoms with van der Waals surface area (Å²) in [5.41, 5.74) is 1.08. The summed E-state index contributed by atoms with van der Waals surface area (Å²) in [5, 5.41) is 4.47. The zero-order valence-electron chi connectivity index (χ0n) is 9.95. The molecule has 2 aliphatic heterocycles. The minimum atomic E-state index is -0.131. The van der Waals surface area contributed by atoms with E-state index < -0.39 is 0 Å². The molecule has 92 valence electrons. The van der Waals surface area contributed by atoms with Crippen LogP contribution in [-0.2, 0) is 9.47 Å². The van der Waals surface area contributed by atoms with Crippen LogP contribution in [0.15, 0.2) is 24.8 Å². The summed E-state index contributed by atoms with van der Waals surface area (Å²) in [5.74, 6) is 0. The monoisotopic (exact) mass is 235 g/mol. The van der Waals surface area contributed by atoms with Crippen LogP contribution in [-0.4, -0.2) is 40.6 Å². The average molecular weight is 235 g/mol. The van der Waals surface area contributed by atoms with E-state index in [0.29, 0.717) is 6.04 Å². The van der Waals surface area contributed by atoms with Crippen molar-refractivity contribution in [3.8, 4) is 0 Å². The van der Waals surface area contributed by atoms with E-state index in [2.05, 4.69) is 26.9 Å². The lowest BCUT2D eigenvalue weighted by Crippen LogP contribution is -2.31. The Hall–Kier alpha value is -1.49. The fraction of sp³-hybridized carbons (Fsp3) is 0.583. The fourth-order valence-corrected chi connectivity index (χ4v) is 2.40. The van der Waals surface area contributed by atoms with E-state index in [-0.39, 0.29) is 6.29 Å². The molecule has 3 heterocycles. The smallest absolute Gasteiger partial charge is 0.252 e. The first-order chi connectivity index (χ1) is 8.31. The lowest BCUT2D eigenvalue weighted by Gasteiger charge is -2.19. The highest BCUT2D eigenvalue weighted by molar-refractivity contribution is 4.97. The molecule has 0 spiro atoms. The molecule has 0 amide bonds. The number of likely N-dealkylation sites (tertiary alicyclic amines) is 1. The predicted octanol–water partition coefficient (Wildman–Crippen LogP) is 1.28. The summed E-state index contributed by atoms with van der Waals surface area (Å²) in [6, 6.07) is 2.54. The van der Waals surface area contributed by atoms with Gasteiger partial charge >= 0.3 is 0 Å². The van der Waals surface area contributed by atoms with Gasteiger partial charge in [0.05, 0.1) is 18.3 Å². The van der Waals surface area contributed by atoms with Crippen LogP contribution in [0.3, 0.4) is 0 Å². The quantitative estimate of drug-likeness (QED) is 0.791. The number of aromatic nitrogens is 2. The maximum Gasteiger partial charge on any atom is 0.252 e. The van der Waals surface area contributed by atoms with Crippen molar-refractivity contribution >= 4 is 0 Å². The van der Waals surface area contributed by atoms with Gasteiger partial charge in [-0.25, -0.2) is 0 Å². The second-order valence-corrected chi connectivity index (χ2v) is 4.61. The van der Waals surface area contributed by atoms with Crippen molar-refractivity contribution in [2.45, 2.75) is 25.7 Å². The molecule has 0 aliphatic carbocycles. The SMILES string of the molecule is Cc1ccn(C2CCN(CC3OC=CO3)C2)n1. The van der Waals surface area contributed by atoms with Gasteiger partial charge in [-0.05, 0) is 19.4 Å². The first-order valence-electron chi connectivity index (χ1n) is 6.01. The topological polar surface area (TPSA) is 39.5 Å². The Morgan fingerprint density at radius 3 is 2.94 bits per heavy atom. The van der Waals surface area contributed by atoms with Crippen molar-refractivity contribution in [2.24, 2.45) is 0 Å². The fourth-order valence-electron chi connectivity index (χ4n) is 2.40. The van der Waals surface area contributed by atoms with E-state index in [9.17, 15) is 0 Å². The van der Waals surface area contributed by atoms with Gasteiger partial charge in [-0.15, -0.1) is 0 Å². The van der Waals surface area contributed by atoms with Crippen molar-refractivity contribution < 1.29 is 9.47 Å². The molecular weight excluding hydrogens is 218 g/mol. The number of nitrogens with zero attached hydrogens (tertiary/aromatic N) is 3. The molecule has 1 saturated heterocycles. The third-order valence-corrected chi connectivity index (χ3v) is 3.29. The Bertz CT molecular complexity index is 408. The van der Waals surface area contributed by atoms with Crippen molar-refractivity contribution in [1.29, 1.82) is 0 Å². The second-order valence-electron chi connectivity index (χ2n) is 4.61. The van der Waals surface area contributed by atoms with E-state index in [1.807, 2.05) is 6.92 Å². The van der Waals surface area contributed by atoms with Gasteiger partial charge in [0.1, 0.15) is 12.5 Å². The Labute approximate surface area is 101 Å². The number of rotatable bonds is 3. The zero-order chi connectivity index (χ0) is 11.7. The molecule has 1 fully saturated rings. The van der Waals surface area contributed by atoms with Gasteiger partial charge in [-0.2, -0.15) is 5.10 Å². The summed E-state index contributed by atoms with van der Waals surface area (Å²) in [4.78, 5) is 2.36. The van der Waals surface area contributed by atoms with Crippen LogP contribution in [0, 0.1) is 6.92 Å². The Balaban J connectivity index is 1.54. The predicted molar refractivity (Wildman–Crippen MR) is 62.2 cm³/mol. The molecule has 0 bridgehead atoms. The zero-order valence-corrected chi connectivity index (χ0v) is 9.95. The molecule has 5 heteroatoms. The lowest BCUT2D eigenvalue weighted by atomic mass is 10.3. The summed E-state index contributed by atoms with van der Waals surface area (Å²) < 4.78 is 12.7. The lowest BCUT2D eigenvalue weighted by molar-refractivity contribution is -0.0420. The Kier molecular flexibility index (Phi) is 2.76. The van der Waals surface area contributed by atoms with Crippen LogP contribution >= 0.6 is 0 Å². The normalized spacial score (nSPS) is 25.1. The van der Waals surface area contributed by atoms with Crippen LogP contribution in [0.5, 0.6) is 0 Å². The third kappa shape index (κ3) is 2.29.